The second-order valence-electron chi connectivity index (χ2n) is 12.5. The Morgan fingerprint density at radius 2 is 1.28 bits per heavy atom. The van der Waals surface area contributed by atoms with E-state index in [4.69, 9.17) is 0 Å². The molecule has 0 bridgehead atoms. The van der Waals surface area contributed by atoms with Gasteiger partial charge in [-0.2, -0.15) is 0 Å². The fraction of sp³-hybridized carbons (Fsp3) is 0.263. The fourth-order valence-electron chi connectivity index (χ4n) is 8.38. The van der Waals surface area contributed by atoms with Crippen LogP contribution in [0.15, 0.2) is 91.0 Å². The first-order valence-electron chi connectivity index (χ1n) is 14.6. The Labute approximate surface area is 231 Å². The second kappa shape index (κ2) is 7.85. The smallest absolute Gasteiger partial charge is 0.0518 e. The van der Waals surface area contributed by atoms with E-state index in [9.17, 15) is 0 Å². The minimum absolute atomic E-state index is 0.0629. The van der Waals surface area contributed by atoms with Crippen LogP contribution >= 0.6 is 0 Å². The maximum atomic E-state index is 2.72. The van der Waals surface area contributed by atoms with Gasteiger partial charge in [0.05, 0.1) is 5.54 Å². The monoisotopic (exact) mass is 505 g/mol. The summed E-state index contributed by atoms with van der Waals surface area (Å²) < 4.78 is 0. The van der Waals surface area contributed by atoms with Gasteiger partial charge in [-0.05, 0) is 112 Å². The lowest BCUT2D eigenvalue weighted by Crippen LogP contribution is -2.54. The van der Waals surface area contributed by atoms with Crippen LogP contribution in [0.3, 0.4) is 0 Å². The van der Waals surface area contributed by atoms with Crippen molar-refractivity contribution in [3.05, 3.63) is 108 Å². The summed E-state index contributed by atoms with van der Waals surface area (Å²) >= 11 is 0. The maximum Gasteiger partial charge on any atom is 0.0518 e. The number of rotatable bonds is 2. The summed E-state index contributed by atoms with van der Waals surface area (Å²) in [6, 6.07) is 34.4. The van der Waals surface area contributed by atoms with Crippen LogP contribution < -0.4 is 4.90 Å². The Hall–Kier alpha value is -3.84. The normalized spacial score (nSPS) is 22.6. The van der Waals surface area contributed by atoms with Gasteiger partial charge in [-0.1, -0.05) is 92.6 Å². The van der Waals surface area contributed by atoms with Crippen LogP contribution in [-0.4, -0.2) is 5.54 Å². The van der Waals surface area contributed by atoms with Crippen LogP contribution in [0.2, 0.25) is 0 Å². The molecule has 39 heavy (non-hydrogen) atoms. The Balaban J connectivity index is 1.44. The lowest BCUT2D eigenvalue weighted by molar-refractivity contribution is 0.195. The van der Waals surface area contributed by atoms with Crippen molar-refractivity contribution in [2.75, 3.05) is 4.90 Å². The molecule has 1 saturated carbocycles. The molecule has 2 atom stereocenters. The van der Waals surface area contributed by atoms with Gasteiger partial charge in [0.15, 0.2) is 0 Å². The van der Waals surface area contributed by atoms with Gasteiger partial charge in [-0.15, -0.1) is 0 Å². The molecule has 0 spiro atoms. The van der Waals surface area contributed by atoms with Gasteiger partial charge in [0.25, 0.3) is 0 Å². The van der Waals surface area contributed by atoms with Crippen molar-refractivity contribution in [2.45, 2.75) is 64.3 Å². The van der Waals surface area contributed by atoms with E-state index >= 15 is 0 Å². The summed E-state index contributed by atoms with van der Waals surface area (Å²) in [6.45, 7) is 9.80. The molecule has 1 nitrogen and oxygen atoms in total. The Morgan fingerprint density at radius 3 is 2.05 bits per heavy atom. The van der Waals surface area contributed by atoms with E-state index in [1.54, 1.807) is 0 Å². The van der Waals surface area contributed by atoms with Crippen LogP contribution in [0.4, 0.5) is 11.4 Å². The molecule has 6 aromatic carbocycles. The number of fused-ring (bicyclic) bond motifs is 3. The van der Waals surface area contributed by atoms with E-state index in [-0.39, 0.29) is 11.0 Å². The topological polar surface area (TPSA) is 3.24 Å². The van der Waals surface area contributed by atoms with Gasteiger partial charge in [0, 0.05) is 16.8 Å². The first-order valence-corrected chi connectivity index (χ1v) is 14.6. The van der Waals surface area contributed by atoms with E-state index in [2.05, 4.69) is 124 Å². The molecule has 1 aliphatic carbocycles. The molecule has 2 unspecified atom stereocenters. The summed E-state index contributed by atoms with van der Waals surface area (Å²) in [7, 11) is 0. The van der Waals surface area contributed by atoms with Crippen LogP contribution in [0.1, 0.15) is 56.2 Å². The van der Waals surface area contributed by atoms with Crippen molar-refractivity contribution >= 4 is 43.7 Å². The number of para-hydroxylation sites is 1. The standard InChI is InChI=1S/C38H35N/c1-24-25(2)36-33(37(3)21-8-9-22-38(37,4)39(36)29-13-6-5-7-14-29)23-32(24)30-19-17-28-16-15-26-11-10-12-27-18-20-31(30)35(28)34(26)27/h5-7,10-20,23H,8-9,21-22H2,1-4H3. The lowest BCUT2D eigenvalue weighted by Gasteiger charge is -2.50. The van der Waals surface area contributed by atoms with Crippen LogP contribution in [0.5, 0.6) is 0 Å². The molecular weight excluding hydrogens is 470 g/mol. The summed E-state index contributed by atoms with van der Waals surface area (Å²) in [5, 5.41) is 8.15. The molecule has 1 fully saturated rings. The van der Waals surface area contributed by atoms with Crippen molar-refractivity contribution in [2.24, 2.45) is 0 Å². The van der Waals surface area contributed by atoms with E-state index < -0.39 is 0 Å². The van der Waals surface area contributed by atoms with Gasteiger partial charge in [-0.3, -0.25) is 0 Å². The predicted octanol–water partition coefficient (Wildman–Crippen LogP) is 10.6. The molecule has 0 saturated heterocycles. The zero-order valence-electron chi connectivity index (χ0n) is 23.4. The summed E-state index contributed by atoms with van der Waals surface area (Å²) in [5.74, 6) is 0. The zero-order valence-corrected chi connectivity index (χ0v) is 23.4. The summed E-state index contributed by atoms with van der Waals surface area (Å²) in [6.07, 6.45) is 5.05. The average molecular weight is 506 g/mol. The third-order valence-electron chi connectivity index (χ3n) is 10.8. The molecule has 192 valence electrons. The summed E-state index contributed by atoms with van der Waals surface area (Å²) in [4.78, 5) is 2.72. The first-order chi connectivity index (χ1) is 18.9. The van der Waals surface area contributed by atoms with Gasteiger partial charge >= 0.3 is 0 Å². The molecule has 0 N–H and O–H groups in total. The number of hydrogen-bond donors (Lipinski definition) is 0. The van der Waals surface area contributed by atoms with Gasteiger partial charge < -0.3 is 4.90 Å². The second-order valence-corrected chi connectivity index (χ2v) is 12.5. The van der Waals surface area contributed by atoms with E-state index in [1.807, 2.05) is 0 Å². The van der Waals surface area contributed by atoms with E-state index in [0.717, 1.165) is 0 Å². The largest absolute Gasteiger partial charge is 0.334 e. The lowest BCUT2D eigenvalue weighted by atomic mass is 9.61. The van der Waals surface area contributed by atoms with Crippen molar-refractivity contribution in [1.29, 1.82) is 0 Å². The zero-order chi connectivity index (χ0) is 26.5. The molecular formula is C38H35N. The molecule has 1 aliphatic heterocycles. The quantitative estimate of drug-likeness (QED) is 0.212. The predicted molar refractivity (Wildman–Crippen MR) is 168 cm³/mol. The highest BCUT2D eigenvalue weighted by Crippen LogP contribution is 2.62. The van der Waals surface area contributed by atoms with Gasteiger partial charge in [0.1, 0.15) is 0 Å². The Bertz CT molecular complexity index is 1900. The minimum atomic E-state index is 0.0629. The SMILES string of the molecule is Cc1c(-c2ccc3ccc4cccc5ccc2c3c45)cc2c(c1C)N(c1ccccc1)C1(C)CCCCC21C. The first kappa shape index (κ1) is 23.1. The Kier molecular flexibility index (Phi) is 4.65. The highest BCUT2D eigenvalue weighted by molar-refractivity contribution is 6.25. The molecule has 6 aromatic rings. The maximum absolute atomic E-state index is 2.72. The Morgan fingerprint density at radius 1 is 0.615 bits per heavy atom. The molecule has 2 aliphatic rings. The summed E-state index contributed by atoms with van der Waals surface area (Å²) in [5.41, 5.74) is 10.1. The highest BCUT2D eigenvalue weighted by Gasteiger charge is 2.58. The molecule has 0 radical (unpaired) electrons. The molecule has 1 heterocycles. The number of hydrogen-bond acceptors (Lipinski definition) is 1. The molecule has 8 rings (SSSR count). The van der Waals surface area contributed by atoms with Crippen molar-refractivity contribution in [3.63, 3.8) is 0 Å². The van der Waals surface area contributed by atoms with Crippen LogP contribution in [-0.2, 0) is 5.41 Å². The third-order valence-corrected chi connectivity index (χ3v) is 10.8. The van der Waals surface area contributed by atoms with Crippen LogP contribution in [0.25, 0.3) is 43.4 Å². The third kappa shape index (κ3) is 2.86. The van der Waals surface area contributed by atoms with Crippen molar-refractivity contribution < 1.29 is 0 Å². The van der Waals surface area contributed by atoms with Gasteiger partial charge in [0.2, 0.25) is 0 Å². The number of benzene rings is 6. The van der Waals surface area contributed by atoms with E-state index in [1.165, 1.54) is 97.2 Å². The average Bonchev–Trinajstić information content (AvgIpc) is 3.17. The molecule has 0 aromatic heterocycles. The minimum Gasteiger partial charge on any atom is -0.334 e. The molecule has 0 amide bonds. The van der Waals surface area contributed by atoms with Crippen molar-refractivity contribution in [3.8, 4) is 11.1 Å². The number of nitrogens with zero attached hydrogens (tertiary/aromatic N) is 1. The number of anilines is 2. The molecule has 1 heteroatoms. The fourth-order valence-corrected chi connectivity index (χ4v) is 8.38. The highest BCUT2D eigenvalue weighted by atomic mass is 15.3. The van der Waals surface area contributed by atoms with Crippen LogP contribution in [0, 0.1) is 13.8 Å². The van der Waals surface area contributed by atoms with E-state index in [0.29, 0.717) is 0 Å². The van der Waals surface area contributed by atoms with Crippen molar-refractivity contribution in [1.82, 2.24) is 0 Å². The van der Waals surface area contributed by atoms with Gasteiger partial charge in [-0.25, -0.2) is 0 Å².